The molecule has 1 aliphatic heterocycles. The third kappa shape index (κ3) is 5.04. The summed E-state index contributed by atoms with van der Waals surface area (Å²) in [5, 5.41) is 2.99. The van der Waals surface area contributed by atoms with Crippen molar-refractivity contribution in [2.24, 2.45) is 0 Å². The molecule has 4 nitrogen and oxygen atoms in total. The first-order valence-corrected chi connectivity index (χ1v) is 6.47. The zero-order valence-corrected chi connectivity index (χ0v) is 11.6. The Morgan fingerprint density at radius 3 is 2.65 bits per heavy atom. The number of likely N-dealkylation sites (N-methyl/N-ethyl adjacent to an activating group) is 1. The standard InChI is InChI=1S/C13H26N2O2/c1-13(2,15(3)4)10-14-12(16)9-11-7-5-6-8-17-11/h11H,5-10H2,1-4H3,(H,14,16). The van der Waals surface area contributed by atoms with Gasteiger partial charge in [-0.1, -0.05) is 0 Å². The molecule has 1 saturated heterocycles. The molecule has 0 aromatic rings. The van der Waals surface area contributed by atoms with Crippen LogP contribution in [-0.2, 0) is 9.53 Å². The Balaban J connectivity index is 2.25. The quantitative estimate of drug-likeness (QED) is 0.792. The van der Waals surface area contributed by atoms with Crippen molar-refractivity contribution in [3.8, 4) is 0 Å². The molecule has 0 saturated carbocycles. The number of hydrogen-bond donors (Lipinski definition) is 1. The second-order valence-corrected chi connectivity index (χ2v) is 5.68. The highest BCUT2D eigenvalue weighted by molar-refractivity contribution is 5.76. The van der Waals surface area contributed by atoms with E-state index in [1.165, 1.54) is 6.42 Å². The largest absolute Gasteiger partial charge is 0.378 e. The summed E-state index contributed by atoms with van der Waals surface area (Å²) < 4.78 is 5.56. The Morgan fingerprint density at radius 1 is 1.41 bits per heavy atom. The molecule has 1 rings (SSSR count). The van der Waals surface area contributed by atoms with E-state index in [0.29, 0.717) is 13.0 Å². The van der Waals surface area contributed by atoms with Crippen molar-refractivity contribution >= 4 is 5.91 Å². The van der Waals surface area contributed by atoms with Gasteiger partial charge in [-0.2, -0.15) is 0 Å². The SMILES string of the molecule is CN(C)C(C)(C)CNC(=O)CC1CCCCO1. The van der Waals surface area contributed by atoms with E-state index in [1.54, 1.807) is 0 Å². The van der Waals surface area contributed by atoms with Crippen molar-refractivity contribution < 1.29 is 9.53 Å². The molecule has 0 radical (unpaired) electrons. The van der Waals surface area contributed by atoms with Crippen molar-refractivity contribution in [2.45, 2.75) is 51.2 Å². The van der Waals surface area contributed by atoms with Crippen molar-refractivity contribution in [3.05, 3.63) is 0 Å². The lowest BCUT2D eigenvalue weighted by Crippen LogP contribution is -2.48. The molecule has 0 aromatic carbocycles. The van der Waals surface area contributed by atoms with Crippen LogP contribution in [-0.4, -0.2) is 49.7 Å². The van der Waals surface area contributed by atoms with Gasteiger partial charge in [0, 0.05) is 18.7 Å². The van der Waals surface area contributed by atoms with E-state index in [9.17, 15) is 4.79 Å². The maximum atomic E-state index is 11.8. The van der Waals surface area contributed by atoms with Gasteiger partial charge in [0.05, 0.1) is 12.5 Å². The number of nitrogens with zero attached hydrogens (tertiary/aromatic N) is 1. The molecule has 0 bridgehead atoms. The first kappa shape index (κ1) is 14.5. The molecule has 0 spiro atoms. The van der Waals surface area contributed by atoms with Crippen LogP contribution in [0.25, 0.3) is 0 Å². The summed E-state index contributed by atoms with van der Waals surface area (Å²) in [6.07, 6.45) is 3.97. The summed E-state index contributed by atoms with van der Waals surface area (Å²) in [5.41, 5.74) is -0.0108. The van der Waals surface area contributed by atoms with Crippen molar-refractivity contribution in [3.63, 3.8) is 0 Å². The first-order chi connectivity index (χ1) is 7.92. The van der Waals surface area contributed by atoms with E-state index < -0.39 is 0 Å². The van der Waals surface area contributed by atoms with Crippen LogP contribution in [0.4, 0.5) is 0 Å². The second kappa shape index (κ2) is 6.36. The van der Waals surface area contributed by atoms with E-state index in [2.05, 4.69) is 24.1 Å². The highest BCUT2D eigenvalue weighted by Crippen LogP contribution is 2.15. The molecule has 0 aliphatic carbocycles. The fraction of sp³-hybridized carbons (Fsp3) is 0.923. The predicted molar refractivity (Wildman–Crippen MR) is 69.0 cm³/mol. The number of ether oxygens (including phenoxy) is 1. The van der Waals surface area contributed by atoms with E-state index >= 15 is 0 Å². The van der Waals surface area contributed by atoms with Crippen LogP contribution in [0.3, 0.4) is 0 Å². The van der Waals surface area contributed by atoms with Gasteiger partial charge in [0.15, 0.2) is 0 Å². The van der Waals surface area contributed by atoms with Crippen LogP contribution in [0.5, 0.6) is 0 Å². The Labute approximate surface area is 105 Å². The number of nitrogens with one attached hydrogen (secondary N) is 1. The maximum absolute atomic E-state index is 11.8. The fourth-order valence-electron chi connectivity index (χ4n) is 1.72. The summed E-state index contributed by atoms with van der Waals surface area (Å²) in [5.74, 6) is 0.104. The van der Waals surface area contributed by atoms with Gasteiger partial charge in [-0.05, 0) is 47.2 Å². The summed E-state index contributed by atoms with van der Waals surface area (Å²) >= 11 is 0. The topological polar surface area (TPSA) is 41.6 Å². The van der Waals surface area contributed by atoms with Crippen LogP contribution in [0, 0.1) is 0 Å². The predicted octanol–water partition coefficient (Wildman–Crippen LogP) is 1.40. The molecule has 1 N–H and O–H groups in total. The molecular weight excluding hydrogens is 216 g/mol. The lowest BCUT2D eigenvalue weighted by Gasteiger charge is -2.33. The monoisotopic (exact) mass is 242 g/mol. The summed E-state index contributed by atoms with van der Waals surface area (Å²) in [6.45, 7) is 5.71. The fourth-order valence-corrected chi connectivity index (χ4v) is 1.72. The van der Waals surface area contributed by atoms with Gasteiger partial charge in [-0.3, -0.25) is 4.79 Å². The zero-order chi connectivity index (χ0) is 12.9. The van der Waals surface area contributed by atoms with Crippen LogP contribution >= 0.6 is 0 Å². The summed E-state index contributed by atoms with van der Waals surface area (Å²) in [6, 6.07) is 0. The van der Waals surface area contributed by atoms with Gasteiger partial charge in [-0.15, -0.1) is 0 Å². The van der Waals surface area contributed by atoms with E-state index in [4.69, 9.17) is 4.74 Å². The molecule has 100 valence electrons. The van der Waals surface area contributed by atoms with Gasteiger partial charge in [-0.25, -0.2) is 0 Å². The van der Waals surface area contributed by atoms with E-state index in [0.717, 1.165) is 19.4 Å². The lowest BCUT2D eigenvalue weighted by atomic mass is 10.0. The Hall–Kier alpha value is -0.610. The molecule has 17 heavy (non-hydrogen) atoms. The first-order valence-electron chi connectivity index (χ1n) is 6.47. The van der Waals surface area contributed by atoms with E-state index in [1.807, 2.05) is 14.1 Å². The highest BCUT2D eigenvalue weighted by Gasteiger charge is 2.22. The highest BCUT2D eigenvalue weighted by atomic mass is 16.5. The van der Waals surface area contributed by atoms with Crippen molar-refractivity contribution in [2.75, 3.05) is 27.2 Å². The molecule has 1 atom stereocenters. The molecule has 0 aromatic heterocycles. The maximum Gasteiger partial charge on any atom is 0.222 e. The van der Waals surface area contributed by atoms with Gasteiger partial charge < -0.3 is 15.0 Å². The number of carbonyl (C=O) groups excluding carboxylic acids is 1. The molecule has 1 unspecified atom stereocenters. The van der Waals surface area contributed by atoms with Crippen LogP contribution in [0.1, 0.15) is 39.5 Å². The average molecular weight is 242 g/mol. The third-order valence-corrected chi connectivity index (χ3v) is 3.62. The minimum atomic E-state index is -0.0108. The van der Waals surface area contributed by atoms with Gasteiger partial charge >= 0.3 is 0 Å². The molecule has 1 aliphatic rings. The third-order valence-electron chi connectivity index (χ3n) is 3.62. The lowest BCUT2D eigenvalue weighted by molar-refractivity contribution is -0.125. The molecular formula is C13H26N2O2. The molecule has 4 heteroatoms. The van der Waals surface area contributed by atoms with Gasteiger partial charge in [0.1, 0.15) is 0 Å². The average Bonchev–Trinajstić information content (AvgIpc) is 2.28. The minimum Gasteiger partial charge on any atom is -0.378 e. The Kier molecular flexibility index (Phi) is 5.40. The molecule has 1 amide bonds. The van der Waals surface area contributed by atoms with Crippen LogP contribution in [0.15, 0.2) is 0 Å². The number of rotatable bonds is 5. The summed E-state index contributed by atoms with van der Waals surface area (Å²) in [7, 11) is 4.05. The van der Waals surface area contributed by atoms with Crippen molar-refractivity contribution in [1.29, 1.82) is 0 Å². The Morgan fingerprint density at radius 2 is 2.12 bits per heavy atom. The number of hydrogen-bond acceptors (Lipinski definition) is 3. The minimum absolute atomic E-state index is 0.0108. The normalized spacial score (nSPS) is 21.6. The van der Waals surface area contributed by atoms with Crippen molar-refractivity contribution in [1.82, 2.24) is 10.2 Å². The van der Waals surface area contributed by atoms with Crippen LogP contribution < -0.4 is 5.32 Å². The van der Waals surface area contributed by atoms with Crippen LogP contribution in [0.2, 0.25) is 0 Å². The second-order valence-electron chi connectivity index (χ2n) is 5.68. The van der Waals surface area contributed by atoms with E-state index in [-0.39, 0.29) is 17.6 Å². The number of amides is 1. The summed E-state index contributed by atoms with van der Waals surface area (Å²) in [4.78, 5) is 13.9. The smallest absolute Gasteiger partial charge is 0.222 e. The zero-order valence-electron chi connectivity index (χ0n) is 11.6. The van der Waals surface area contributed by atoms with Gasteiger partial charge in [0.25, 0.3) is 0 Å². The molecule has 1 heterocycles. The van der Waals surface area contributed by atoms with Gasteiger partial charge in [0.2, 0.25) is 5.91 Å². The number of carbonyl (C=O) groups is 1. The Bertz CT molecular complexity index is 246. The molecule has 1 fully saturated rings.